The lowest BCUT2D eigenvalue weighted by atomic mass is 9.79. The van der Waals surface area contributed by atoms with Gasteiger partial charge in [0.2, 0.25) is 0 Å². The van der Waals surface area contributed by atoms with Gasteiger partial charge in [0.15, 0.2) is 0 Å². The highest BCUT2D eigenvalue weighted by Crippen LogP contribution is 2.36. The van der Waals surface area contributed by atoms with Crippen molar-refractivity contribution in [1.29, 1.82) is 0 Å². The lowest BCUT2D eigenvalue weighted by molar-refractivity contribution is 0.124. The van der Waals surface area contributed by atoms with Crippen LogP contribution < -0.4 is 0 Å². The van der Waals surface area contributed by atoms with Crippen molar-refractivity contribution in [2.45, 2.75) is 44.6 Å². The first-order valence-corrected chi connectivity index (χ1v) is 6.64. The van der Waals surface area contributed by atoms with Crippen LogP contribution in [0.4, 0.5) is 3.89 Å². The number of fused-ring (bicyclic) bond motifs is 1. The quantitative estimate of drug-likeness (QED) is 0.634. The van der Waals surface area contributed by atoms with Gasteiger partial charge >= 0.3 is 10.4 Å². The van der Waals surface area contributed by atoms with E-state index in [4.69, 9.17) is 0 Å². The van der Waals surface area contributed by atoms with Crippen molar-refractivity contribution in [1.82, 2.24) is 4.31 Å². The molecule has 0 spiro atoms. The fraction of sp³-hybridized carbons (Fsp3) is 1.00. The Balaban J connectivity index is 2.17. The average Bonchev–Trinajstić information content (AvgIpc) is 2.15. The number of nitrogens with zero attached hydrogens (tertiary/aromatic N) is 1. The maximum absolute atomic E-state index is 12.9. The van der Waals surface area contributed by atoms with Crippen LogP contribution in [-0.2, 0) is 10.4 Å². The molecule has 1 heterocycles. The standard InChI is InChI=1S/C9H16FNO2S/c10-14(12,13)11-7-3-5-8-4-1-2-6-9(8)11/h8-9H,1-7H2. The van der Waals surface area contributed by atoms with Gasteiger partial charge in [0.25, 0.3) is 0 Å². The summed E-state index contributed by atoms with van der Waals surface area (Å²) in [5.41, 5.74) is 0. The van der Waals surface area contributed by atoms with Crippen LogP contribution in [0.1, 0.15) is 38.5 Å². The number of hydrogen-bond donors (Lipinski definition) is 0. The molecule has 1 aliphatic heterocycles. The normalized spacial score (nSPS) is 35.2. The van der Waals surface area contributed by atoms with Crippen molar-refractivity contribution >= 4 is 10.4 Å². The van der Waals surface area contributed by atoms with E-state index in [9.17, 15) is 12.3 Å². The van der Waals surface area contributed by atoms with E-state index in [1.807, 2.05) is 0 Å². The summed E-state index contributed by atoms with van der Waals surface area (Å²) in [4.78, 5) is 0. The van der Waals surface area contributed by atoms with Crippen LogP contribution in [0.15, 0.2) is 0 Å². The lowest BCUT2D eigenvalue weighted by Crippen LogP contribution is -2.48. The predicted molar refractivity (Wildman–Crippen MR) is 51.7 cm³/mol. The Labute approximate surface area is 84.6 Å². The van der Waals surface area contributed by atoms with Crippen molar-refractivity contribution < 1.29 is 12.3 Å². The number of rotatable bonds is 1. The van der Waals surface area contributed by atoms with Gasteiger partial charge in [-0.25, -0.2) is 0 Å². The molecule has 3 nitrogen and oxygen atoms in total. The third-order valence-electron chi connectivity index (χ3n) is 3.47. The minimum Gasteiger partial charge on any atom is -0.177 e. The molecule has 0 aromatic heterocycles. The molecule has 0 radical (unpaired) electrons. The molecule has 2 atom stereocenters. The first-order valence-electron chi connectivity index (χ1n) is 5.30. The number of halogens is 1. The molecule has 1 aliphatic carbocycles. The topological polar surface area (TPSA) is 37.4 Å². The predicted octanol–water partition coefficient (Wildman–Crippen LogP) is 1.86. The molecule has 2 aliphatic rings. The molecular weight excluding hydrogens is 205 g/mol. The first-order chi connectivity index (χ1) is 6.59. The summed E-state index contributed by atoms with van der Waals surface area (Å²) in [6.45, 7) is 0.375. The molecule has 2 unspecified atom stereocenters. The largest absolute Gasteiger partial charge is 0.375 e. The molecule has 2 fully saturated rings. The summed E-state index contributed by atoms with van der Waals surface area (Å²) in [6, 6.07) is -0.0486. The monoisotopic (exact) mass is 221 g/mol. The highest BCUT2D eigenvalue weighted by Gasteiger charge is 2.39. The zero-order valence-corrected chi connectivity index (χ0v) is 8.97. The first kappa shape index (κ1) is 10.4. The SMILES string of the molecule is O=S(=O)(F)N1CCCC2CCCCC21. The summed E-state index contributed by atoms with van der Waals surface area (Å²) in [7, 11) is -4.46. The van der Waals surface area contributed by atoms with Crippen LogP contribution in [-0.4, -0.2) is 25.3 Å². The second kappa shape index (κ2) is 3.77. The molecule has 0 bridgehead atoms. The van der Waals surface area contributed by atoms with E-state index in [-0.39, 0.29) is 6.04 Å². The number of piperidine rings is 1. The van der Waals surface area contributed by atoms with Gasteiger partial charge in [-0.2, -0.15) is 12.7 Å². The smallest absolute Gasteiger partial charge is 0.177 e. The third-order valence-corrected chi connectivity index (χ3v) is 4.49. The Hall–Kier alpha value is -0.160. The van der Waals surface area contributed by atoms with Gasteiger partial charge in [-0.05, 0) is 31.6 Å². The van der Waals surface area contributed by atoms with E-state index in [0.717, 1.165) is 36.4 Å². The van der Waals surface area contributed by atoms with Crippen LogP contribution in [0.25, 0.3) is 0 Å². The second-order valence-electron chi connectivity index (χ2n) is 4.31. The molecule has 0 aromatic carbocycles. The van der Waals surface area contributed by atoms with Gasteiger partial charge in [-0.1, -0.05) is 16.7 Å². The molecule has 0 aromatic rings. The highest BCUT2D eigenvalue weighted by atomic mass is 32.3. The highest BCUT2D eigenvalue weighted by molar-refractivity contribution is 7.84. The van der Waals surface area contributed by atoms with E-state index in [1.54, 1.807) is 0 Å². The molecule has 1 saturated heterocycles. The van der Waals surface area contributed by atoms with Crippen LogP contribution in [0.5, 0.6) is 0 Å². The van der Waals surface area contributed by atoms with Crippen molar-refractivity contribution in [2.75, 3.05) is 6.54 Å². The Morgan fingerprint density at radius 1 is 1.07 bits per heavy atom. The second-order valence-corrected chi connectivity index (χ2v) is 5.60. The Morgan fingerprint density at radius 2 is 1.71 bits per heavy atom. The Bertz CT molecular complexity index is 302. The van der Waals surface area contributed by atoms with Gasteiger partial charge in [-0.3, -0.25) is 0 Å². The van der Waals surface area contributed by atoms with E-state index in [0.29, 0.717) is 12.5 Å². The van der Waals surface area contributed by atoms with Crippen LogP contribution in [0.3, 0.4) is 0 Å². The van der Waals surface area contributed by atoms with Gasteiger partial charge in [-0.15, -0.1) is 0 Å². The molecule has 0 amide bonds. The fourth-order valence-corrected chi connectivity index (χ4v) is 3.80. The molecule has 0 N–H and O–H groups in total. The summed E-state index contributed by atoms with van der Waals surface area (Å²) >= 11 is 0. The average molecular weight is 221 g/mol. The van der Waals surface area contributed by atoms with Gasteiger partial charge in [0.1, 0.15) is 0 Å². The zero-order chi connectivity index (χ0) is 10.2. The van der Waals surface area contributed by atoms with Crippen molar-refractivity contribution in [3.05, 3.63) is 0 Å². The van der Waals surface area contributed by atoms with E-state index in [2.05, 4.69) is 0 Å². The Kier molecular flexibility index (Phi) is 2.79. The van der Waals surface area contributed by atoms with Crippen LogP contribution >= 0.6 is 0 Å². The maximum atomic E-state index is 12.9. The number of hydrogen-bond acceptors (Lipinski definition) is 2. The van der Waals surface area contributed by atoms with Crippen LogP contribution in [0.2, 0.25) is 0 Å². The van der Waals surface area contributed by atoms with Crippen molar-refractivity contribution in [3.8, 4) is 0 Å². The molecule has 82 valence electrons. The molecule has 5 heteroatoms. The van der Waals surface area contributed by atoms with Crippen LogP contribution in [0, 0.1) is 5.92 Å². The summed E-state index contributed by atoms with van der Waals surface area (Å²) in [5.74, 6) is 0.406. The van der Waals surface area contributed by atoms with E-state index < -0.39 is 10.4 Å². The summed E-state index contributed by atoms with van der Waals surface area (Å²) in [6.07, 6.45) is 5.99. The molecular formula is C9H16FNO2S. The van der Waals surface area contributed by atoms with Gasteiger partial charge in [0, 0.05) is 12.6 Å². The van der Waals surface area contributed by atoms with E-state index in [1.165, 1.54) is 6.42 Å². The molecule has 2 rings (SSSR count). The minimum atomic E-state index is -4.46. The molecule has 14 heavy (non-hydrogen) atoms. The summed E-state index contributed by atoms with van der Waals surface area (Å²) in [5, 5.41) is 0. The van der Waals surface area contributed by atoms with Gasteiger partial charge in [0.05, 0.1) is 0 Å². The lowest BCUT2D eigenvalue weighted by Gasteiger charge is -2.41. The van der Waals surface area contributed by atoms with Crippen molar-refractivity contribution in [2.24, 2.45) is 5.92 Å². The van der Waals surface area contributed by atoms with Crippen molar-refractivity contribution in [3.63, 3.8) is 0 Å². The van der Waals surface area contributed by atoms with Gasteiger partial charge < -0.3 is 0 Å². The third kappa shape index (κ3) is 1.93. The van der Waals surface area contributed by atoms with E-state index >= 15 is 0 Å². The maximum Gasteiger partial charge on any atom is 0.375 e. The summed E-state index contributed by atoms with van der Waals surface area (Å²) < 4.78 is 35.8. The Morgan fingerprint density at radius 3 is 2.43 bits per heavy atom. The molecule has 1 saturated carbocycles. The fourth-order valence-electron chi connectivity index (χ4n) is 2.85. The minimum absolute atomic E-state index is 0.0486. The zero-order valence-electron chi connectivity index (χ0n) is 8.15.